The summed E-state index contributed by atoms with van der Waals surface area (Å²) in [5, 5.41) is 0. The van der Waals surface area contributed by atoms with Crippen molar-refractivity contribution in [3.05, 3.63) is 124 Å². The van der Waals surface area contributed by atoms with Crippen molar-refractivity contribution in [2.45, 2.75) is 33.2 Å². The number of ether oxygens (including phenoxy) is 2. The van der Waals surface area contributed by atoms with Crippen LogP contribution in [0.5, 0.6) is 5.88 Å². The normalized spacial score (nSPS) is 11.4. The summed E-state index contributed by atoms with van der Waals surface area (Å²) < 4.78 is 45.7. The summed E-state index contributed by atoms with van der Waals surface area (Å²) in [4.78, 5) is 8.89. The second-order valence-electron chi connectivity index (χ2n) is 8.69. The number of pyridine rings is 1. The van der Waals surface area contributed by atoms with Crippen LogP contribution in [0.4, 0.5) is 8.78 Å². The van der Waals surface area contributed by atoms with Crippen LogP contribution in [0.1, 0.15) is 40.8 Å². The SMILES string of the molecule is CCc1cc(C=Cc2nc3c(F)ccc(F)c3o2)c(OCc2ccccc2)nc1COCc1ccccc1. The molecule has 2 aromatic heterocycles. The molecule has 0 atom stereocenters. The first-order chi connectivity index (χ1) is 18.6. The van der Waals surface area contributed by atoms with Crippen LogP contribution in [0.15, 0.2) is 83.3 Å². The van der Waals surface area contributed by atoms with E-state index in [0.29, 0.717) is 31.3 Å². The van der Waals surface area contributed by atoms with Crippen molar-refractivity contribution in [1.82, 2.24) is 9.97 Å². The van der Waals surface area contributed by atoms with E-state index < -0.39 is 11.6 Å². The molecule has 0 bridgehead atoms. The lowest BCUT2D eigenvalue weighted by atomic mass is 10.1. The van der Waals surface area contributed by atoms with Crippen molar-refractivity contribution in [3.63, 3.8) is 0 Å². The molecule has 0 saturated carbocycles. The fraction of sp³-hybridized carbons (Fsp3) is 0.161. The Hall–Kier alpha value is -4.36. The number of hydrogen-bond acceptors (Lipinski definition) is 5. The monoisotopic (exact) mass is 512 g/mol. The van der Waals surface area contributed by atoms with Crippen LogP contribution < -0.4 is 4.74 Å². The van der Waals surface area contributed by atoms with Crippen LogP contribution in [0.25, 0.3) is 23.3 Å². The quantitative estimate of drug-likeness (QED) is 0.194. The summed E-state index contributed by atoms with van der Waals surface area (Å²) in [6, 6.07) is 23.8. The van der Waals surface area contributed by atoms with Gasteiger partial charge in [0.2, 0.25) is 11.8 Å². The predicted octanol–water partition coefficient (Wildman–Crippen LogP) is 7.53. The van der Waals surface area contributed by atoms with Crippen LogP contribution in [0, 0.1) is 11.6 Å². The maximum Gasteiger partial charge on any atom is 0.221 e. The molecule has 0 fully saturated rings. The highest BCUT2D eigenvalue weighted by Gasteiger charge is 2.15. The lowest BCUT2D eigenvalue weighted by molar-refractivity contribution is 0.103. The van der Waals surface area contributed by atoms with E-state index in [9.17, 15) is 8.78 Å². The van der Waals surface area contributed by atoms with E-state index in [4.69, 9.17) is 18.9 Å². The molecule has 0 saturated heterocycles. The van der Waals surface area contributed by atoms with E-state index in [-0.39, 0.29) is 17.0 Å². The van der Waals surface area contributed by atoms with Gasteiger partial charge in [-0.15, -0.1) is 0 Å². The summed E-state index contributed by atoms with van der Waals surface area (Å²) in [5.74, 6) is -0.831. The Labute approximate surface area is 219 Å². The molecule has 0 unspecified atom stereocenters. The maximum atomic E-state index is 14.1. The number of aryl methyl sites for hydroxylation is 1. The maximum absolute atomic E-state index is 14.1. The molecular weight excluding hydrogens is 486 g/mol. The van der Waals surface area contributed by atoms with Crippen LogP contribution in [0.2, 0.25) is 0 Å². The fourth-order valence-corrected chi connectivity index (χ4v) is 4.02. The van der Waals surface area contributed by atoms with Crippen molar-refractivity contribution < 1.29 is 22.7 Å². The lowest BCUT2D eigenvalue weighted by Gasteiger charge is -2.14. The smallest absolute Gasteiger partial charge is 0.221 e. The highest BCUT2D eigenvalue weighted by Crippen LogP contribution is 2.27. The topological polar surface area (TPSA) is 57.4 Å². The zero-order chi connectivity index (χ0) is 26.3. The Morgan fingerprint density at radius 2 is 1.47 bits per heavy atom. The Bertz CT molecular complexity index is 1510. The van der Waals surface area contributed by atoms with E-state index in [0.717, 1.165) is 40.9 Å². The van der Waals surface area contributed by atoms with Gasteiger partial charge in [-0.1, -0.05) is 67.6 Å². The van der Waals surface area contributed by atoms with Gasteiger partial charge in [-0.05, 0) is 47.4 Å². The lowest BCUT2D eigenvalue weighted by Crippen LogP contribution is -2.06. The number of nitrogens with zero attached hydrogens (tertiary/aromatic N) is 2. The molecule has 0 N–H and O–H groups in total. The van der Waals surface area contributed by atoms with Gasteiger partial charge in [0.05, 0.1) is 18.9 Å². The number of hydrogen-bond donors (Lipinski definition) is 0. The second-order valence-corrected chi connectivity index (χ2v) is 8.69. The molecule has 0 spiro atoms. The summed E-state index contributed by atoms with van der Waals surface area (Å²) >= 11 is 0. The Morgan fingerprint density at radius 1 is 0.789 bits per heavy atom. The molecule has 0 aliphatic heterocycles. The van der Waals surface area contributed by atoms with Crippen LogP contribution >= 0.6 is 0 Å². The first kappa shape index (κ1) is 25.3. The van der Waals surface area contributed by atoms with Crippen LogP contribution in [0.3, 0.4) is 0 Å². The molecule has 2 heterocycles. The average molecular weight is 513 g/mol. The minimum Gasteiger partial charge on any atom is -0.472 e. The van der Waals surface area contributed by atoms with Gasteiger partial charge in [0, 0.05) is 11.6 Å². The molecule has 5 rings (SSSR count). The molecule has 0 aliphatic carbocycles. The van der Waals surface area contributed by atoms with Gasteiger partial charge in [-0.3, -0.25) is 0 Å². The number of fused-ring (bicyclic) bond motifs is 1. The number of aromatic nitrogens is 2. The van der Waals surface area contributed by atoms with Crippen LogP contribution in [-0.2, 0) is 31.0 Å². The molecule has 7 heteroatoms. The van der Waals surface area contributed by atoms with E-state index >= 15 is 0 Å². The number of benzene rings is 3. The molecule has 0 aliphatic rings. The largest absolute Gasteiger partial charge is 0.472 e. The molecule has 0 radical (unpaired) electrons. The molecule has 5 aromatic rings. The van der Waals surface area contributed by atoms with Crippen molar-refractivity contribution in [2.75, 3.05) is 0 Å². The second kappa shape index (κ2) is 11.8. The van der Waals surface area contributed by atoms with Gasteiger partial charge in [-0.25, -0.2) is 18.7 Å². The predicted molar refractivity (Wildman–Crippen MR) is 142 cm³/mol. The van der Waals surface area contributed by atoms with Gasteiger partial charge in [-0.2, -0.15) is 0 Å². The van der Waals surface area contributed by atoms with Crippen molar-refractivity contribution in [3.8, 4) is 5.88 Å². The van der Waals surface area contributed by atoms with Gasteiger partial charge in [0.1, 0.15) is 12.1 Å². The van der Waals surface area contributed by atoms with E-state index in [2.05, 4.69) is 4.98 Å². The van der Waals surface area contributed by atoms with Gasteiger partial charge in [0.25, 0.3) is 0 Å². The third-order valence-electron chi connectivity index (χ3n) is 6.00. The first-order valence-electron chi connectivity index (χ1n) is 12.3. The molecule has 5 nitrogen and oxygen atoms in total. The molecule has 0 amide bonds. The van der Waals surface area contributed by atoms with Crippen molar-refractivity contribution >= 4 is 23.3 Å². The summed E-state index contributed by atoms with van der Waals surface area (Å²) in [7, 11) is 0. The van der Waals surface area contributed by atoms with Gasteiger partial charge >= 0.3 is 0 Å². The van der Waals surface area contributed by atoms with Crippen molar-refractivity contribution in [1.29, 1.82) is 0 Å². The fourth-order valence-electron chi connectivity index (χ4n) is 4.02. The Morgan fingerprint density at radius 3 is 2.16 bits per heavy atom. The standard InChI is InChI=1S/C31H26F2N2O3/c1-2-23-17-24(13-16-28-35-29-25(32)14-15-26(33)30(29)38-28)31(37-19-22-11-7-4-8-12-22)34-27(23)20-36-18-21-9-5-3-6-10-21/h3-17H,2,18-20H2,1H3. The van der Waals surface area contributed by atoms with Crippen LogP contribution in [-0.4, -0.2) is 9.97 Å². The van der Waals surface area contributed by atoms with Crippen molar-refractivity contribution in [2.24, 2.45) is 0 Å². The highest BCUT2D eigenvalue weighted by atomic mass is 19.1. The van der Waals surface area contributed by atoms with Gasteiger partial charge < -0.3 is 13.9 Å². The zero-order valence-corrected chi connectivity index (χ0v) is 20.9. The Balaban J connectivity index is 1.43. The first-order valence-corrected chi connectivity index (χ1v) is 12.3. The summed E-state index contributed by atoms with van der Waals surface area (Å²) in [6.07, 6.45) is 4.01. The van der Waals surface area contributed by atoms with E-state index in [1.165, 1.54) is 0 Å². The zero-order valence-electron chi connectivity index (χ0n) is 20.9. The number of oxazole rings is 1. The summed E-state index contributed by atoms with van der Waals surface area (Å²) in [5.41, 5.74) is 4.18. The highest BCUT2D eigenvalue weighted by molar-refractivity contribution is 5.77. The molecular formula is C31H26F2N2O3. The number of rotatable bonds is 10. The minimum atomic E-state index is -0.671. The van der Waals surface area contributed by atoms with E-state index in [1.54, 1.807) is 12.2 Å². The van der Waals surface area contributed by atoms with Gasteiger partial charge in [0.15, 0.2) is 17.2 Å². The van der Waals surface area contributed by atoms with E-state index in [1.807, 2.05) is 73.7 Å². The molecule has 3 aromatic carbocycles. The Kier molecular flexibility index (Phi) is 7.85. The minimum absolute atomic E-state index is 0.0753. The third-order valence-corrected chi connectivity index (χ3v) is 6.00. The molecule has 192 valence electrons. The third kappa shape index (κ3) is 5.95. The molecule has 38 heavy (non-hydrogen) atoms. The number of halogens is 2. The average Bonchev–Trinajstić information content (AvgIpc) is 3.40. The summed E-state index contributed by atoms with van der Waals surface area (Å²) in [6.45, 7) is 3.16.